The fourth-order valence-corrected chi connectivity index (χ4v) is 2.69. The molecule has 2 heterocycles. The SMILES string of the molecule is CCC1(C)NC(=O)N(NC(=O)Cc2coc3cc(C)ccc23)C1=O. The third-order valence-electron chi connectivity index (χ3n) is 4.37. The number of rotatable bonds is 4. The van der Waals surface area contributed by atoms with Crippen molar-refractivity contribution in [1.29, 1.82) is 0 Å². The van der Waals surface area contributed by atoms with E-state index < -0.39 is 23.4 Å². The van der Waals surface area contributed by atoms with E-state index >= 15 is 0 Å². The second kappa shape index (κ2) is 5.67. The molecule has 4 amide bonds. The quantitative estimate of drug-likeness (QED) is 0.840. The van der Waals surface area contributed by atoms with E-state index in [1.54, 1.807) is 13.8 Å². The van der Waals surface area contributed by atoms with Crippen molar-refractivity contribution in [3.8, 4) is 0 Å². The molecule has 0 spiro atoms. The number of hydrogen-bond acceptors (Lipinski definition) is 4. The van der Waals surface area contributed by atoms with Crippen LogP contribution in [-0.4, -0.2) is 28.4 Å². The van der Waals surface area contributed by atoms with Crippen molar-refractivity contribution in [2.24, 2.45) is 0 Å². The van der Waals surface area contributed by atoms with Gasteiger partial charge in [-0.15, -0.1) is 0 Å². The highest BCUT2D eigenvalue weighted by Gasteiger charge is 2.47. The van der Waals surface area contributed by atoms with E-state index in [0.29, 0.717) is 17.6 Å². The molecule has 3 rings (SSSR count). The molecule has 1 aromatic heterocycles. The number of imide groups is 1. The van der Waals surface area contributed by atoms with Gasteiger partial charge >= 0.3 is 6.03 Å². The molecule has 2 N–H and O–H groups in total. The van der Waals surface area contributed by atoms with Gasteiger partial charge in [0.15, 0.2) is 0 Å². The van der Waals surface area contributed by atoms with E-state index in [0.717, 1.165) is 16.0 Å². The van der Waals surface area contributed by atoms with Crippen molar-refractivity contribution in [3.63, 3.8) is 0 Å². The smallest absolute Gasteiger partial charge is 0.344 e. The van der Waals surface area contributed by atoms with Crippen molar-refractivity contribution < 1.29 is 18.8 Å². The summed E-state index contributed by atoms with van der Waals surface area (Å²) in [4.78, 5) is 36.4. The first-order valence-corrected chi connectivity index (χ1v) is 7.77. The Kier molecular flexibility index (Phi) is 3.79. The number of urea groups is 1. The average molecular weight is 329 g/mol. The number of hydrazine groups is 1. The van der Waals surface area contributed by atoms with Crippen molar-refractivity contribution in [1.82, 2.24) is 15.8 Å². The minimum absolute atomic E-state index is 0.00988. The molecule has 1 atom stereocenters. The number of nitrogens with one attached hydrogen (secondary N) is 2. The minimum Gasteiger partial charge on any atom is -0.464 e. The van der Waals surface area contributed by atoms with E-state index in [1.165, 1.54) is 6.26 Å². The Hall–Kier alpha value is -2.83. The number of nitrogens with zero attached hydrogens (tertiary/aromatic N) is 1. The predicted molar refractivity (Wildman–Crippen MR) is 86.9 cm³/mol. The zero-order chi connectivity index (χ0) is 17.5. The molecule has 24 heavy (non-hydrogen) atoms. The Morgan fingerprint density at radius 2 is 2.12 bits per heavy atom. The molecule has 0 saturated carbocycles. The maximum Gasteiger partial charge on any atom is 0.344 e. The molecule has 7 nitrogen and oxygen atoms in total. The third kappa shape index (κ3) is 2.62. The Morgan fingerprint density at radius 1 is 1.38 bits per heavy atom. The van der Waals surface area contributed by atoms with E-state index in [-0.39, 0.29) is 6.42 Å². The van der Waals surface area contributed by atoms with Gasteiger partial charge in [-0.25, -0.2) is 4.79 Å². The molecule has 2 aromatic rings. The summed E-state index contributed by atoms with van der Waals surface area (Å²) in [6, 6.07) is 5.09. The Labute approximate surface area is 139 Å². The van der Waals surface area contributed by atoms with Crippen LogP contribution < -0.4 is 10.7 Å². The van der Waals surface area contributed by atoms with Gasteiger partial charge in [0.05, 0.1) is 12.7 Å². The van der Waals surface area contributed by atoms with Gasteiger partial charge in [-0.1, -0.05) is 19.1 Å². The highest BCUT2D eigenvalue weighted by Crippen LogP contribution is 2.23. The highest BCUT2D eigenvalue weighted by atomic mass is 16.3. The van der Waals surface area contributed by atoms with Crippen LogP contribution in [-0.2, 0) is 16.0 Å². The van der Waals surface area contributed by atoms with Crippen molar-refractivity contribution in [2.45, 2.75) is 39.2 Å². The molecule has 126 valence electrons. The summed E-state index contributed by atoms with van der Waals surface area (Å²) in [6.45, 7) is 5.38. The maximum atomic E-state index is 12.3. The number of aryl methyl sites for hydroxylation is 1. The van der Waals surface area contributed by atoms with Crippen molar-refractivity contribution in [3.05, 3.63) is 35.6 Å². The normalized spacial score (nSPS) is 20.5. The number of furan rings is 1. The molecule has 7 heteroatoms. The number of amides is 4. The topological polar surface area (TPSA) is 91.7 Å². The van der Waals surface area contributed by atoms with Crippen LogP contribution in [0.3, 0.4) is 0 Å². The van der Waals surface area contributed by atoms with Crippen LogP contribution in [0.15, 0.2) is 28.9 Å². The lowest BCUT2D eigenvalue weighted by atomic mass is 10.00. The van der Waals surface area contributed by atoms with Gasteiger partial charge < -0.3 is 9.73 Å². The van der Waals surface area contributed by atoms with Crippen LogP contribution in [0.2, 0.25) is 0 Å². The molecule has 1 unspecified atom stereocenters. The fourth-order valence-electron chi connectivity index (χ4n) is 2.69. The molecule has 1 aliphatic heterocycles. The third-order valence-corrected chi connectivity index (χ3v) is 4.37. The lowest BCUT2D eigenvalue weighted by Crippen LogP contribution is -2.49. The van der Waals surface area contributed by atoms with Gasteiger partial charge in [0.25, 0.3) is 5.91 Å². The summed E-state index contributed by atoms with van der Waals surface area (Å²) >= 11 is 0. The summed E-state index contributed by atoms with van der Waals surface area (Å²) in [5.41, 5.74) is 3.85. The number of carbonyl (C=O) groups is 3. The fraction of sp³-hybridized carbons (Fsp3) is 0.353. The van der Waals surface area contributed by atoms with Crippen LogP contribution in [0.5, 0.6) is 0 Å². The zero-order valence-corrected chi connectivity index (χ0v) is 13.8. The first-order valence-electron chi connectivity index (χ1n) is 7.77. The minimum atomic E-state index is -0.982. The summed E-state index contributed by atoms with van der Waals surface area (Å²) in [6.07, 6.45) is 1.97. The summed E-state index contributed by atoms with van der Waals surface area (Å²) in [5.74, 6) is -0.918. The molecule has 0 radical (unpaired) electrons. The monoisotopic (exact) mass is 329 g/mol. The largest absolute Gasteiger partial charge is 0.464 e. The van der Waals surface area contributed by atoms with Crippen LogP contribution in [0.25, 0.3) is 11.0 Å². The van der Waals surface area contributed by atoms with Crippen molar-refractivity contribution >= 4 is 28.8 Å². The Morgan fingerprint density at radius 3 is 2.79 bits per heavy atom. The Bertz CT molecular complexity index is 841. The van der Waals surface area contributed by atoms with Gasteiger partial charge in [-0.05, 0) is 31.9 Å². The average Bonchev–Trinajstić information content (AvgIpc) is 3.02. The molecule has 1 aliphatic rings. The molecular formula is C17H19N3O4. The summed E-state index contributed by atoms with van der Waals surface area (Å²) in [5, 5.41) is 4.17. The molecule has 1 fully saturated rings. The second-order valence-corrected chi connectivity index (χ2v) is 6.23. The molecule has 0 bridgehead atoms. The summed E-state index contributed by atoms with van der Waals surface area (Å²) < 4.78 is 5.45. The lowest BCUT2D eigenvalue weighted by molar-refractivity contribution is -0.138. The lowest BCUT2D eigenvalue weighted by Gasteiger charge is -2.19. The van der Waals surface area contributed by atoms with Gasteiger partial charge in [-0.2, -0.15) is 5.01 Å². The van der Waals surface area contributed by atoms with Crippen molar-refractivity contribution in [2.75, 3.05) is 0 Å². The van der Waals surface area contributed by atoms with Gasteiger partial charge in [0.1, 0.15) is 11.1 Å². The highest BCUT2D eigenvalue weighted by molar-refractivity contribution is 6.07. The van der Waals surface area contributed by atoms with Crippen LogP contribution in [0, 0.1) is 6.92 Å². The first-order chi connectivity index (χ1) is 11.3. The van der Waals surface area contributed by atoms with E-state index in [9.17, 15) is 14.4 Å². The van der Waals surface area contributed by atoms with Crippen LogP contribution in [0.4, 0.5) is 4.79 Å². The van der Waals surface area contributed by atoms with Crippen LogP contribution >= 0.6 is 0 Å². The maximum absolute atomic E-state index is 12.3. The number of hydrogen-bond donors (Lipinski definition) is 2. The van der Waals surface area contributed by atoms with Gasteiger partial charge in [-0.3, -0.25) is 15.0 Å². The van der Waals surface area contributed by atoms with E-state index in [2.05, 4.69) is 10.7 Å². The molecule has 1 aromatic carbocycles. The molecule has 0 aliphatic carbocycles. The predicted octanol–water partition coefficient (Wildman–Crippen LogP) is 2.04. The number of fused-ring (bicyclic) bond motifs is 1. The molecule has 1 saturated heterocycles. The standard InChI is InChI=1S/C17H19N3O4/c1-4-17(3)15(22)20(16(23)18-17)19-14(21)8-11-9-24-13-7-10(2)5-6-12(11)13/h5-7,9H,4,8H2,1-3H3,(H,18,23)(H,19,21). The van der Waals surface area contributed by atoms with E-state index in [1.807, 2.05) is 25.1 Å². The summed E-state index contributed by atoms with van der Waals surface area (Å²) in [7, 11) is 0. The number of benzene rings is 1. The number of carbonyl (C=O) groups excluding carboxylic acids is 3. The first kappa shape index (κ1) is 16.0. The van der Waals surface area contributed by atoms with Gasteiger partial charge in [0.2, 0.25) is 5.91 Å². The zero-order valence-electron chi connectivity index (χ0n) is 13.8. The Balaban J connectivity index is 1.74. The molecular weight excluding hydrogens is 310 g/mol. The van der Waals surface area contributed by atoms with E-state index in [4.69, 9.17) is 4.42 Å². The second-order valence-electron chi connectivity index (χ2n) is 6.23. The van der Waals surface area contributed by atoms with Crippen LogP contribution in [0.1, 0.15) is 31.4 Å². The van der Waals surface area contributed by atoms with Gasteiger partial charge in [0, 0.05) is 10.9 Å².